The van der Waals surface area contributed by atoms with Crippen LogP contribution in [0.3, 0.4) is 0 Å². The molecule has 0 saturated heterocycles. The first-order chi connectivity index (χ1) is 10.8. The first-order valence-corrected chi connectivity index (χ1v) is 11.6. The number of carbonyl (C=O) groups excluding carboxylic acids is 2. The Balaban J connectivity index is 2.49. The summed E-state index contributed by atoms with van der Waals surface area (Å²) in [6.45, 7) is 17.2. The van der Waals surface area contributed by atoms with Gasteiger partial charge >= 0.3 is 5.97 Å². The number of ether oxygens (including phenoxy) is 1. The Hall–Kier alpha value is -1.20. The summed E-state index contributed by atoms with van der Waals surface area (Å²) in [4.78, 5) is 24.7. The minimum atomic E-state index is -2.05. The highest BCUT2D eigenvalue weighted by molar-refractivity contribution is 6.74. The monoisotopic (exact) mass is 350 g/mol. The molecule has 134 valence electrons. The van der Waals surface area contributed by atoms with E-state index in [9.17, 15) is 9.59 Å². The smallest absolute Gasteiger partial charge is 0.342 e. The number of esters is 1. The van der Waals surface area contributed by atoms with Gasteiger partial charge in [0.1, 0.15) is 5.57 Å². The summed E-state index contributed by atoms with van der Waals surface area (Å²) in [5.74, 6) is -0.656. The van der Waals surface area contributed by atoms with Crippen molar-refractivity contribution < 1.29 is 18.8 Å². The van der Waals surface area contributed by atoms with E-state index in [4.69, 9.17) is 9.16 Å². The van der Waals surface area contributed by atoms with E-state index < -0.39 is 14.3 Å². The van der Waals surface area contributed by atoms with Gasteiger partial charge in [-0.1, -0.05) is 40.7 Å². The van der Waals surface area contributed by atoms with E-state index in [0.29, 0.717) is 0 Å². The third-order valence-corrected chi connectivity index (χ3v) is 9.86. The van der Waals surface area contributed by atoms with Crippen molar-refractivity contribution in [3.8, 4) is 0 Å². The molecule has 1 unspecified atom stereocenters. The fourth-order valence-corrected chi connectivity index (χ4v) is 4.47. The minimum absolute atomic E-state index is 0.0547. The van der Waals surface area contributed by atoms with Crippen LogP contribution in [0.5, 0.6) is 0 Å². The third-order valence-electron chi connectivity index (χ3n) is 5.43. The fourth-order valence-electron chi connectivity index (χ4n) is 3.10. The molecule has 0 N–H and O–H groups in total. The maximum Gasteiger partial charge on any atom is 0.342 e. The van der Waals surface area contributed by atoms with Crippen LogP contribution in [0.15, 0.2) is 22.8 Å². The fraction of sp³-hybridized carbons (Fsp3) is 0.684. The van der Waals surface area contributed by atoms with E-state index in [-0.39, 0.29) is 40.9 Å². The molecule has 0 aliphatic heterocycles. The van der Waals surface area contributed by atoms with Crippen LogP contribution in [0.4, 0.5) is 0 Å². The second-order valence-corrected chi connectivity index (χ2v) is 13.6. The molecular formula is C19H30O4Si. The molecular weight excluding hydrogens is 320 g/mol. The van der Waals surface area contributed by atoms with Crippen LogP contribution >= 0.6 is 0 Å². The van der Waals surface area contributed by atoms with E-state index in [1.54, 1.807) is 6.92 Å². The Morgan fingerprint density at radius 1 is 1.33 bits per heavy atom. The van der Waals surface area contributed by atoms with Gasteiger partial charge < -0.3 is 9.16 Å². The summed E-state index contributed by atoms with van der Waals surface area (Å²) >= 11 is 0. The van der Waals surface area contributed by atoms with Crippen molar-refractivity contribution in [1.29, 1.82) is 0 Å². The van der Waals surface area contributed by atoms with Crippen molar-refractivity contribution in [2.24, 2.45) is 5.41 Å². The maximum absolute atomic E-state index is 12.4. The van der Waals surface area contributed by atoms with Crippen LogP contribution in [-0.4, -0.2) is 32.8 Å². The predicted octanol–water partition coefficient (Wildman–Crippen LogP) is 4.18. The van der Waals surface area contributed by atoms with Crippen molar-refractivity contribution in [2.75, 3.05) is 6.61 Å². The molecule has 2 aliphatic rings. The van der Waals surface area contributed by atoms with Crippen LogP contribution in [0.25, 0.3) is 0 Å². The van der Waals surface area contributed by atoms with Crippen molar-refractivity contribution >= 4 is 20.1 Å². The normalized spacial score (nSPS) is 23.4. The number of rotatable bonds is 4. The molecule has 2 aliphatic carbocycles. The van der Waals surface area contributed by atoms with Gasteiger partial charge in [-0.05, 0) is 30.6 Å². The Morgan fingerprint density at radius 3 is 2.42 bits per heavy atom. The summed E-state index contributed by atoms with van der Waals surface area (Å²) in [5, 5.41) is 0.0547. The maximum atomic E-state index is 12.4. The molecule has 0 aromatic heterocycles. The van der Waals surface area contributed by atoms with Gasteiger partial charge in [-0.2, -0.15) is 0 Å². The van der Waals surface area contributed by atoms with Gasteiger partial charge in [-0.25, -0.2) is 4.79 Å². The number of fused-ring (bicyclic) bond motifs is 1. The number of carbonyl (C=O) groups is 2. The first-order valence-electron chi connectivity index (χ1n) is 8.66. The minimum Gasteiger partial charge on any atom is -0.462 e. The number of hydrogen-bond donors (Lipinski definition) is 0. The zero-order chi connectivity index (χ0) is 18.5. The molecule has 0 amide bonds. The number of hydrogen-bond acceptors (Lipinski definition) is 4. The van der Waals surface area contributed by atoms with E-state index in [0.717, 1.165) is 11.1 Å². The predicted molar refractivity (Wildman–Crippen MR) is 97.2 cm³/mol. The summed E-state index contributed by atoms with van der Waals surface area (Å²) < 4.78 is 11.8. The standard InChI is InChI=1S/C19H30O4Si/c1-9-22-17(21)15-13(20)10-12-11-19(5,6)16(14(12)15)23-24(7,8)18(2,3)4/h11,16H,9-10H2,1-8H3. The van der Waals surface area contributed by atoms with Gasteiger partial charge in [0.2, 0.25) is 0 Å². The molecule has 5 heteroatoms. The second kappa shape index (κ2) is 5.95. The van der Waals surface area contributed by atoms with Gasteiger partial charge in [0.05, 0.1) is 12.7 Å². The second-order valence-electron chi connectivity index (χ2n) is 8.86. The SMILES string of the molecule is CCOC(=O)C1=C2C(=CC(C)(C)C2O[Si](C)(C)C(C)(C)C)CC1=O. The number of ketones is 1. The van der Waals surface area contributed by atoms with Gasteiger partial charge in [0, 0.05) is 17.4 Å². The van der Waals surface area contributed by atoms with Gasteiger partial charge in [-0.3, -0.25) is 4.79 Å². The van der Waals surface area contributed by atoms with Crippen molar-refractivity contribution in [2.45, 2.75) is 72.2 Å². The van der Waals surface area contributed by atoms with Crippen LogP contribution in [0.2, 0.25) is 18.1 Å². The van der Waals surface area contributed by atoms with Gasteiger partial charge in [-0.15, -0.1) is 0 Å². The lowest BCUT2D eigenvalue weighted by Crippen LogP contribution is -2.47. The largest absolute Gasteiger partial charge is 0.462 e. The Morgan fingerprint density at radius 2 is 1.92 bits per heavy atom. The molecule has 4 nitrogen and oxygen atoms in total. The molecule has 0 aromatic carbocycles. The molecule has 0 spiro atoms. The molecule has 2 rings (SSSR count). The topological polar surface area (TPSA) is 52.6 Å². The van der Waals surface area contributed by atoms with Crippen LogP contribution in [0, 0.1) is 5.41 Å². The van der Waals surface area contributed by atoms with Crippen LogP contribution in [0.1, 0.15) is 48.0 Å². The average Bonchev–Trinajstić information content (AvgIpc) is 2.80. The summed E-state index contributed by atoms with van der Waals surface area (Å²) in [7, 11) is -2.05. The highest BCUT2D eigenvalue weighted by atomic mass is 28.4. The van der Waals surface area contributed by atoms with Crippen molar-refractivity contribution in [3.63, 3.8) is 0 Å². The molecule has 24 heavy (non-hydrogen) atoms. The Bertz CT molecular complexity index is 632. The molecule has 0 radical (unpaired) electrons. The van der Waals surface area contributed by atoms with E-state index in [1.165, 1.54) is 0 Å². The molecule has 1 atom stereocenters. The Kier molecular flexibility index (Phi) is 4.74. The summed E-state index contributed by atoms with van der Waals surface area (Å²) in [6.07, 6.45) is 2.12. The van der Waals surface area contributed by atoms with Gasteiger partial charge in [0.25, 0.3) is 0 Å². The van der Waals surface area contributed by atoms with Crippen LogP contribution < -0.4 is 0 Å². The summed E-state index contributed by atoms with van der Waals surface area (Å²) in [5.41, 5.74) is 1.68. The molecule has 0 heterocycles. The highest BCUT2D eigenvalue weighted by Crippen LogP contribution is 2.51. The van der Waals surface area contributed by atoms with Crippen molar-refractivity contribution in [3.05, 3.63) is 22.8 Å². The zero-order valence-electron chi connectivity index (χ0n) is 16.2. The van der Waals surface area contributed by atoms with E-state index >= 15 is 0 Å². The molecule has 0 fully saturated rings. The molecule has 0 saturated carbocycles. The van der Waals surface area contributed by atoms with Gasteiger partial charge in [0.15, 0.2) is 14.1 Å². The third kappa shape index (κ3) is 3.16. The Labute approximate surface area is 146 Å². The number of Topliss-reactive ketones (excluding diaryl/α,β-unsaturated/α-hetero) is 1. The molecule has 0 bridgehead atoms. The zero-order valence-corrected chi connectivity index (χ0v) is 17.2. The lowest BCUT2D eigenvalue weighted by Gasteiger charge is -2.42. The van der Waals surface area contributed by atoms with Crippen molar-refractivity contribution in [1.82, 2.24) is 0 Å². The lowest BCUT2D eigenvalue weighted by atomic mass is 9.87. The molecule has 0 aromatic rings. The highest BCUT2D eigenvalue weighted by Gasteiger charge is 2.51. The average molecular weight is 351 g/mol. The quantitative estimate of drug-likeness (QED) is 0.434. The van der Waals surface area contributed by atoms with E-state index in [1.807, 2.05) is 0 Å². The first kappa shape index (κ1) is 19.1. The van der Waals surface area contributed by atoms with E-state index in [2.05, 4.69) is 53.8 Å². The van der Waals surface area contributed by atoms with Crippen LogP contribution in [-0.2, 0) is 18.8 Å². The summed E-state index contributed by atoms with van der Waals surface area (Å²) in [6, 6.07) is 0. The lowest BCUT2D eigenvalue weighted by molar-refractivity contribution is -0.139.